The molecule has 0 unspecified atom stereocenters. The summed E-state index contributed by atoms with van der Waals surface area (Å²) in [5.74, 6) is 0.787. The number of hydrogen-bond donors (Lipinski definition) is 1. The van der Waals surface area contributed by atoms with Crippen LogP contribution in [0.3, 0.4) is 0 Å². The highest BCUT2D eigenvalue weighted by molar-refractivity contribution is 6.06. The molecule has 0 fully saturated rings. The van der Waals surface area contributed by atoms with Crippen LogP contribution in [0.25, 0.3) is 33.2 Å². The lowest BCUT2D eigenvalue weighted by molar-refractivity contribution is 0.222. The number of aromatic nitrogens is 4. The first-order chi connectivity index (χ1) is 13.3. The number of pyridine rings is 3. The van der Waals surface area contributed by atoms with Crippen LogP contribution >= 0.6 is 0 Å². The molecule has 0 bridgehead atoms. The molecule has 4 rings (SSSR count). The van der Waals surface area contributed by atoms with Crippen molar-refractivity contribution in [3.63, 3.8) is 0 Å². The van der Waals surface area contributed by atoms with Gasteiger partial charge in [-0.1, -0.05) is 13.8 Å². The molecule has 0 aliphatic rings. The predicted octanol–water partition coefficient (Wildman–Crippen LogP) is 3.89. The van der Waals surface area contributed by atoms with Crippen molar-refractivity contribution in [3.8, 4) is 17.0 Å². The van der Waals surface area contributed by atoms with Crippen LogP contribution in [0.2, 0.25) is 0 Å². The summed E-state index contributed by atoms with van der Waals surface area (Å²) in [6.07, 6.45) is 7.21. The van der Waals surface area contributed by atoms with E-state index in [0.29, 0.717) is 6.61 Å². The second-order valence-electron chi connectivity index (χ2n) is 6.42. The molecule has 0 atom stereocenters. The Labute approximate surface area is 158 Å². The fourth-order valence-corrected chi connectivity index (χ4v) is 3.24. The van der Waals surface area contributed by atoms with Gasteiger partial charge in [0.2, 0.25) is 0 Å². The number of ether oxygens (including phenoxy) is 1. The Morgan fingerprint density at radius 2 is 1.93 bits per heavy atom. The topological polar surface area (TPSA) is 66.9 Å². The van der Waals surface area contributed by atoms with Crippen LogP contribution in [0.4, 0.5) is 0 Å². The van der Waals surface area contributed by atoms with E-state index >= 15 is 0 Å². The molecule has 0 amide bonds. The van der Waals surface area contributed by atoms with E-state index in [4.69, 9.17) is 4.74 Å². The van der Waals surface area contributed by atoms with Crippen molar-refractivity contribution in [2.75, 3.05) is 26.2 Å². The van der Waals surface area contributed by atoms with Gasteiger partial charge in [0.25, 0.3) is 0 Å². The quantitative estimate of drug-likeness (QED) is 0.541. The van der Waals surface area contributed by atoms with E-state index < -0.39 is 0 Å². The molecule has 1 N–H and O–H groups in total. The van der Waals surface area contributed by atoms with Crippen LogP contribution in [-0.4, -0.2) is 51.1 Å². The summed E-state index contributed by atoms with van der Waals surface area (Å²) >= 11 is 0. The number of H-pyrrole nitrogens is 1. The van der Waals surface area contributed by atoms with Crippen molar-refractivity contribution in [3.05, 3.63) is 49.1 Å². The lowest BCUT2D eigenvalue weighted by Gasteiger charge is -2.17. The third kappa shape index (κ3) is 3.61. The Balaban J connectivity index is 1.64. The maximum atomic E-state index is 5.94. The SMILES string of the molecule is CCN(CC)CCOc1cnc2[nH]c3cnc(-c4cccnc4)cc3c2c1. The lowest BCUT2D eigenvalue weighted by atomic mass is 10.1. The van der Waals surface area contributed by atoms with E-state index in [9.17, 15) is 0 Å². The maximum absolute atomic E-state index is 5.94. The monoisotopic (exact) mass is 361 g/mol. The second-order valence-corrected chi connectivity index (χ2v) is 6.42. The average Bonchev–Trinajstić information content (AvgIpc) is 3.09. The average molecular weight is 361 g/mol. The molecule has 27 heavy (non-hydrogen) atoms. The Hall–Kier alpha value is -2.99. The van der Waals surface area contributed by atoms with Gasteiger partial charge in [-0.05, 0) is 37.4 Å². The molecule has 6 nitrogen and oxygen atoms in total. The summed E-state index contributed by atoms with van der Waals surface area (Å²) in [6, 6.07) is 8.05. The van der Waals surface area contributed by atoms with Gasteiger partial charge in [-0.25, -0.2) is 4.98 Å². The fraction of sp³-hybridized carbons (Fsp3) is 0.286. The van der Waals surface area contributed by atoms with E-state index in [-0.39, 0.29) is 0 Å². The molecular weight excluding hydrogens is 338 g/mol. The smallest absolute Gasteiger partial charge is 0.138 e. The van der Waals surface area contributed by atoms with Crippen LogP contribution in [0, 0.1) is 0 Å². The Kier molecular flexibility index (Phi) is 4.98. The zero-order valence-electron chi connectivity index (χ0n) is 15.6. The van der Waals surface area contributed by atoms with Crippen molar-refractivity contribution in [1.82, 2.24) is 24.8 Å². The molecule has 0 saturated heterocycles. The molecule has 4 aromatic rings. The number of likely N-dealkylation sites (N-methyl/N-ethyl adjacent to an activating group) is 1. The molecule has 0 aliphatic carbocycles. The highest BCUT2D eigenvalue weighted by atomic mass is 16.5. The molecule has 0 spiro atoms. The molecule has 0 radical (unpaired) electrons. The predicted molar refractivity (Wildman–Crippen MR) is 108 cm³/mol. The summed E-state index contributed by atoms with van der Waals surface area (Å²) in [7, 11) is 0. The van der Waals surface area contributed by atoms with Gasteiger partial charge >= 0.3 is 0 Å². The minimum atomic E-state index is 0.652. The zero-order chi connectivity index (χ0) is 18.6. The fourth-order valence-electron chi connectivity index (χ4n) is 3.24. The van der Waals surface area contributed by atoms with Gasteiger partial charge < -0.3 is 14.6 Å². The van der Waals surface area contributed by atoms with Crippen LogP contribution < -0.4 is 4.74 Å². The number of fused-ring (bicyclic) bond motifs is 3. The summed E-state index contributed by atoms with van der Waals surface area (Å²) in [5, 5.41) is 2.12. The Morgan fingerprint density at radius 1 is 1.04 bits per heavy atom. The van der Waals surface area contributed by atoms with Crippen molar-refractivity contribution in [1.29, 1.82) is 0 Å². The largest absolute Gasteiger partial charge is 0.491 e. The number of rotatable bonds is 7. The number of hydrogen-bond acceptors (Lipinski definition) is 5. The van der Waals surface area contributed by atoms with Crippen molar-refractivity contribution in [2.24, 2.45) is 0 Å². The molecular formula is C21H23N5O. The highest BCUT2D eigenvalue weighted by Gasteiger charge is 2.10. The lowest BCUT2D eigenvalue weighted by Crippen LogP contribution is -2.27. The van der Waals surface area contributed by atoms with Crippen molar-refractivity contribution < 1.29 is 4.74 Å². The number of nitrogens with one attached hydrogen (secondary N) is 1. The molecule has 4 aromatic heterocycles. The van der Waals surface area contributed by atoms with Gasteiger partial charge in [0, 0.05) is 35.3 Å². The minimum Gasteiger partial charge on any atom is -0.491 e. The van der Waals surface area contributed by atoms with E-state index in [0.717, 1.165) is 58.6 Å². The van der Waals surface area contributed by atoms with Crippen LogP contribution in [0.5, 0.6) is 5.75 Å². The summed E-state index contributed by atoms with van der Waals surface area (Å²) in [5.41, 5.74) is 3.69. The van der Waals surface area contributed by atoms with E-state index in [1.54, 1.807) is 12.4 Å². The normalized spacial score (nSPS) is 11.5. The zero-order valence-corrected chi connectivity index (χ0v) is 15.6. The summed E-state index contributed by atoms with van der Waals surface area (Å²) in [6.45, 7) is 7.95. The molecule has 0 aromatic carbocycles. The molecule has 0 aliphatic heterocycles. The van der Waals surface area contributed by atoms with Crippen LogP contribution in [-0.2, 0) is 0 Å². The molecule has 4 heterocycles. The summed E-state index contributed by atoms with van der Waals surface area (Å²) < 4.78 is 5.94. The highest BCUT2D eigenvalue weighted by Crippen LogP contribution is 2.29. The standard InChI is InChI=1S/C21H23N5O/c1-3-26(4-2)8-9-27-16-10-18-17-11-19(15-6-5-7-22-12-15)23-14-20(17)25-21(18)24-13-16/h5-7,10-14H,3-4,8-9H2,1-2H3,(H,24,25). The van der Waals surface area contributed by atoms with E-state index in [1.807, 2.05) is 24.5 Å². The molecule has 6 heteroatoms. The first-order valence-corrected chi connectivity index (χ1v) is 9.31. The first kappa shape index (κ1) is 17.4. The van der Waals surface area contributed by atoms with Crippen molar-refractivity contribution >= 4 is 21.9 Å². The summed E-state index contributed by atoms with van der Waals surface area (Å²) in [4.78, 5) is 18.9. The Morgan fingerprint density at radius 3 is 2.70 bits per heavy atom. The van der Waals surface area contributed by atoms with Gasteiger partial charge in [0.1, 0.15) is 18.0 Å². The Bertz CT molecular complexity index is 1040. The van der Waals surface area contributed by atoms with Crippen LogP contribution in [0.1, 0.15) is 13.8 Å². The third-order valence-electron chi connectivity index (χ3n) is 4.84. The van der Waals surface area contributed by atoms with Gasteiger partial charge in [0.15, 0.2) is 0 Å². The van der Waals surface area contributed by atoms with Gasteiger partial charge in [-0.3, -0.25) is 9.97 Å². The van der Waals surface area contributed by atoms with Gasteiger partial charge in [-0.2, -0.15) is 0 Å². The number of nitrogens with zero attached hydrogens (tertiary/aromatic N) is 4. The minimum absolute atomic E-state index is 0.652. The van der Waals surface area contributed by atoms with Gasteiger partial charge in [-0.15, -0.1) is 0 Å². The molecule has 0 saturated carbocycles. The third-order valence-corrected chi connectivity index (χ3v) is 4.84. The maximum Gasteiger partial charge on any atom is 0.138 e. The van der Waals surface area contributed by atoms with Crippen molar-refractivity contribution in [2.45, 2.75) is 13.8 Å². The van der Waals surface area contributed by atoms with Gasteiger partial charge in [0.05, 0.1) is 23.6 Å². The first-order valence-electron chi connectivity index (χ1n) is 9.31. The molecule has 138 valence electrons. The van der Waals surface area contributed by atoms with E-state index in [1.165, 1.54) is 0 Å². The second kappa shape index (κ2) is 7.72. The van der Waals surface area contributed by atoms with E-state index in [2.05, 4.69) is 50.8 Å². The van der Waals surface area contributed by atoms with Crippen LogP contribution in [0.15, 0.2) is 49.1 Å². The number of aromatic amines is 1.